The Morgan fingerprint density at radius 3 is 3.00 bits per heavy atom. The predicted octanol–water partition coefficient (Wildman–Crippen LogP) is 2.91. The van der Waals surface area contributed by atoms with Gasteiger partial charge in [-0.15, -0.1) is 0 Å². The maximum atomic E-state index is 11.9. The first-order valence-corrected chi connectivity index (χ1v) is 7.20. The molecule has 0 unspecified atom stereocenters. The van der Waals surface area contributed by atoms with E-state index in [9.17, 15) is 4.79 Å². The first kappa shape index (κ1) is 14.1. The van der Waals surface area contributed by atoms with Gasteiger partial charge in [0.05, 0.1) is 6.20 Å². The van der Waals surface area contributed by atoms with Crippen molar-refractivity contribution in [2.24, 2.45) is 0 Å². The zero-order valence-electron chi connectivity index (χ0n) is 12.3. The van der Waals surface area contributed by atoms with Gasteiger partial charge in [-0.3, -0.25) is 4.79 Å². The third-order valence-electron chi connectivity index (χ3n) is 3.31. The molecule has 0 saturated heterocycles. The largest absolute Gasteiger partial charge is 0.484 e. The SMILES string of the molecule is CCc1cccc(OCC(=O)Nc2cn3ccccc3n2)c1. The highest BCUT2D eigenvalue weighted by Gasteiger charge is 2.07. The van der Waals surface area contributed by atoms with Crippen molar-refractivity contribution in [1.29, 1.82) is 0 Å². The first-order valence-electron chi connectivity index (χ1n) is 7.20. The molecule has 0 aliphatic rings. The van der Waals surface area contributed by atoms with Crippen LogP contribution in [0, 0.1) is 0 Å². The minimum atomic E-state index is -0.231. The van der Waals surface area contributed by atoms with Crippen LogP contribution in [-0.4, -0.2) is 21.9 Å². The number of ether oxygens (including phenoxy) is 1. The number of benzene rings is 1. The van der Waals surface area contributed by atoms with Crippen LogP contribution in [0.1, 0.15) is 12.5 Å². The Morgan fingerprint density at radius 1 is 1.27 bits per heavy atom. The third kappa shape index (κ3) is 3.25. The van der Waals surface area contributed by atoms with Crippen LogP contribution >= 0.6 is 0 Å². The van der Waals surface area contributed by atoms with E-state index in [1.54, 1.807) is 6.20 Å². The Hall–Kier alpha value is -2.82. The van der Waals surface area contributed by atoms with Gasteiger partial charge >= 0.3 is 0 Å². The van der Waals surface area contributed by atoms with Crippen molar-refractivity contribution in [1.82, 2.24) is 9.38 Å². The van der Waals surface area contributed by atoms with Gasteiger partial charge in [0.1, 0.15) is 11.4 Å². The number of anilines is 1. The van der Waals surface area contributed by atoms with Gasteiger partial charge in [-0.25, -0.2) is 4.98 Å². The Morgan fingerprint density at radius 2 is 2.18 bits per heavy atom. The van der Waals surface area contributed by atoms with Crippen molar-refractivity contribution >= 4 is 17.4 Å². The van der Waals surface area contributed by atoms with E-state index >= 15 is 0 Å². The molecule has 1 aromatic carbocycles. The van der Waals surface area contributed by atoms with E-state index in [4.69, 9.17) is 4.74 Å². The molecular formula is C17H17N3O2. The summed E-state index contributed by atoms with van der Waals surface area (Å²) in [7, 11) is 0. The molecule has 0 radical (unpaired) electrons. The summed E-state index contributed by atoms with van der Waals surface area (Å²) in [4.78, 5) is 16.2. The summed E-state index contributed by atoms with van der Waals surface area (Å²) in [5, 5.41) is 2.73. The maximum Gasteiger partial charge on any atom is 0.263 e. The monoisotopic (exact) mass is 295 g/mol. The minimum Gasteiger partial charge on any atom is -0.484 e. The topological polar surface area (TPSA) is 55.6 Å². The molecule has 0 aliphatic heterocycles. The molecular weight excluding hydrogens is 278 g/mol. The van der Waals surface area contributed by atoms with Crippen LogP contribution in [0.25, 0.3) is 5.65 Å². The number of aromatic nitrogens is 2. The number of imidazole rings is 1. The molecule has 0 spiro atoms. The number of carbonyl (C=O) groups is 1. The van der Waals surface area contributed by atoms with Gasteiger partial charge in [0.25, 0.3) is 5.91 Å². The highest BCUT2D eigenvalue weighted by Crippen LogP contribution is 2.14. The number of rotatable bonds is 5. The average molecular weight is 295 g/mol. The van der Waals surface area contributed by atoms with Crippen LogP contribution in [0.3, 0.4) is 0 Å². The number of amides is 1. The zero-order chi connectivity index (χ0) is 15.4. The first-order chi connectivity index (χ1) is 10.7. The number of aryl methyl sites for hydroxylation is 1. The summed E-state index contributed by atoms with van der Waals surface area (Å²) >= 11 is 0. The second-order valence-electron chi connectivity index (χ2n) is 4.93. The Balaban J connectivity index is 1.60. The summed E-state index contributed by atoms with van der Waals surface area (Å²) in [6, 6.07) is 13.4. The fourth-order valence-corrected chi connectivity index (χ4v) is 2.18. The predicted molar refractivity (Wildman–Crippen MR) is 85.1 cm³/mol. The van der Waals surface area contributed by atoms with E-state index < -0.39 is 0 Å². The van der Waals surface area contributed by atoms with Crippen molar-refractivity contribution in [2.75, 3.05) is 11.9 Å². The van der Waals surface area contributed by atoms with Gasteiger partial charge in [0.2, 0.25) is 0 Å². The molecule has 0 fully saturated rings. The van der Waals surface area contributed by atoms with Crippen LogP contribution in [-0.2, 0) is 11.2 Å². The van der Waals surface area contributed by atoms with Gasteiger partial charge in [-0.05, 0) is 36.2 Å². The van der Waals surface area contributed by atoms with E-state index in [2.05, 4.69) is 17.2 Å². The molecule has 3 aromatic rings. The summed E-state index contributed by atoms with van der Waals surface area (Å²) in [6.45, 7) is 2.04. The molecule has 0 saturated carbocycles. The number of pyridine rings is 1. The molecule has 2 heterocycles. The maximum absolute atomic E-state index is 11.9. The lowest BCUT2D eigenvalue weighted by Crippen LogP contribution is -2.20. The molecule has 5 heteroatoms. The number of carbonyl (C=O) groups excluding carboxylic acids is 1. The number of nitrogens with zero attached hydrogens (tertiary/aromatic N) is 2. The smallest absolute Gasteiger partial charge is 0.263 e. The summed E-state index contributed by atoms with van der Waals surface area (Å²) < 4.78 is 7.36. The molecule has 22 heavy (non-hydrogen) atoms. The van der Waals surface area contributed by atoms with E-state index in [0.717, 1.165) is 12.1 Å². The number of hydrogen-bond acceptors (Lipinski definition) is 3. The normalized spacial score (nSPS) is 10.6. The van der Waals surface area contributed by atoms with E-state index in [-0.39, 0.29) is 12.5 Å². The Kier molecular flexibility index (Phi) is 4.05. The van der Waals surface area contributed by atoms with Crippen LogP contribution < -0.4 is 10.1 Å². The van der Waals surface area contributed by atoms with Gasteiger partial charge < -0.3 is 14.5 Å². The lowest BCUT2D eigenvalue weighted by molar-refractivity contribution is -0.118. The third-order valence-corrected chi connectivity index (χ3v) is 3.31. The molecule has 112 valence electrons. The highest BCUT2D eigenvalue weighted by molar-refractivity contribution is 5.91. The molecule has 5 nitrogen and oxygen atoms in total. The summed E-state index contributed by atoms with van der Waals surface area (Å²) in [5.74, 6) is 0.983. The van der Waals surface area contributed by atoms with Gasteiger partial charge in [0, 0.05) is 6.20 Å². The number of hydrogen-bond donors (Lipinski definition) is 1. The van der Waals surface area contributed by atoms with E-state index in [0.29, 0.717) is 11.6 Å². The zero-order valence-corrected chi connectivity index (χ0v) is 12.3. The molecule has 1 N–H and O–H groups in total. The molecule has 3 rings (SSSR count). The quantitative estimate of drug-likeness (QED) is 0.787. The van der Waals surface area contributed by atoms with Crippen molar-refractivity contribution in [2.45, 2.75) is 13.3 Å². The standard InChI is InChI=1S/C17H17N3O2/c1-2-13-6-5-7-14(10-13)22-12-17(21)19-15-11-20-9-4-3-8-16(20)18-15/h3-11H,2,12H2,1H3,(H,19,21). The van der Waals surface area contributed by atoms with Crippen LogP contribution in [0.2, 0.25) is 0 Å². The van der Waals surface area contributed by atoms with Crippen molar-refractivity contribution in [3.8, 4) is 5.75 Å². The minimum absolute atomic E-state index is 0.0406. The highest BCUT2D eigenvalue weighted by atomic mass is 16.5. The lowest BCUT2D eigenvalue weighted by atomic mass is 10.2. The molecule has 1 amide bonds. The average Bonchev–Trinajstić information content (AvgIpc) is 2.95. The fourth-order valence-electron chi connectivity index (χ4n) is 2.18. The summed E-state index contributed by atoms with van der Waals surface area (Å²) in [6.07, 6.45) is 4.58. The molecule has 0 atom stereocenters. The van der Waals surface area contributed by atoms with Crippen LogP contribution in [0.15, 0.2) is 54.9 Å². The Labute approximate surface area is 128 Å². The van der Waals surface area contributed by atoms with Gasteiger partial charge in [-0.2, -0.15) is 0 Å². The Bertz CT molecular complexity index is 762. The second kappa shape index (κ2) is 6.30. The fraction of sp³-hybridized carbons (Fsp3) is 0.176. The second-order valence-corrected chi connectivity index (χ2v) is 4.93. The van der Waals surface area contributed by atoms with Gasteiger partial charge in [-0.1, -0.05) is 25.1 Å². The van der Waals surface area contributed by atoms with Crippen LogP contribution in [0.4, 0.5) is 5.82 Å². The van der Waals surface area contributed by atoms with Crippen molar-refractivity contribution in [3.63, 3.8) is 0 Å². The van der Waals surface area contributed by atoms with E-state index in [1.807, 2.05) is 53.1 Å². The van der Waals surface area contributed by atoms with Crippen molar-refractivity contribution < 1.29 is 9.53 Å². The molecule has 0 bridgehead atoms. The van der Waals surface area contributed by atoms with Gasteiger partial charge in [0.15, 0.2) is 12.4 Å². The number of nitrogens with one attached hydrogen (secondary N) is 1. The number of fused-ring (bicyclic) bond motifs is 1. The van der Waals surface area contributed by atoms with E-state index in [1.165, 1.54) is 5.56 Å². The van der Waals surface area contributed by atoms with Crippen LogP contribution in [0.5, 0.6) is 5.75 Å². The summed E-state index contributed by atoms with van der Waals surface area (Å²) in [5.41, 5.74) is 1.97. The lowest BCUT2D eigenvalue weighted by Gasteiger charge is -2.07. The molecule has 0 aliphatic carbocycles. The molecule has 2 aromatic heterocycles. The van der Waals surface area contributed by atoms with Crippen molar-refractivity contribution in [3.05, 3.63) is 60.4 Å².